The average molecular weight is 291 g/mol. The summed E-state index contributed by atoms with van der Waals surface area (Å²) in [6.07, 6.45) is 4.46. The molecule has 1 N–H and O–H groups in total. The number of halogens is 1. The molecule has 0 bridgehead atoms. The van der Waals surface area contributed by atoms with Crippen molar-refractivity contribution in [1.82, 2.24) is 5.32 Å². The Balaban J connectivity index is 2.84. The molecule has 0 spiro atoms. The highest BCUT2D eigenvalue weighted by Gasteiger charge is 2.24. The molecular weight excluding hydrogens is 273 g/mol. The maximum Gasteiger partial charge on any atom is 0.408 e. The highest BCUT2D eigenvalue weighted by atomic mass is 19.1. The van der Waals surface area contributed by atoms with Gasteiger partial charge in [-0.05, 0) is 32.9 Å². The first kappa shape index (κ1) is 16.7. The molecule has 112 valence electrons. The Morgan fingerprint density at radius 2 is 2.10 bits per heavy atom. The van der Waals surface area contributed by atoms with Crippen LogP contribution < -0.4 is 5.32 Å². The number of carbonyl (C=O) groups is 2. The second-order valence-corrected chi connectivity index (χ2v) is 5.48. The van der Waals surface area contributed by atoms with Crippen LogP contribution in [-0.4, -0.2) is 23.5 Å². The third-order valence-corrected chi connectivity index (χ3v) is 2.44. The number of hydrogen-bond acceptors (Lipinski definition) is 3. The van der Waals surface area contributed by atoms with Crippen LogP contribution in [0.4, 0.5) is 9.18 Å². The summed E-state index contributed by atoms with van der Waals surface area (Å²) < 4.78 is 18.2. The lowest BCUT2D eigenvalue weighted by Gasteiger charge is -2.22. The normalized spacial score (nSPS) is 12.1. The van der Waals surface area contributed by atoms with Gasteiger partial charge in [0.15, 0.2) is 5.78 Å². The molecule has 0 aliphatic rings. The number of alkyl carbamates (subject to hydrolysis) is 1. The van der Waals surface area contributed by atoms with E-state index in [0.717, 1.165) is 6.07 Å². The Morgan fingerprint density at radius 1 is 1.43 bits per heavy atom. The summed E-state index contributed by atoms with van der Waals surface area (Å²) in [5, 5.41) is 2.42. The van der Waals surface area contributed by atoms with Crippen molar-refractivity contribution in [1.29, 1.82) is 0 Å². The fourth-order valence-corrected chi connectivity index (χ4v) is 1.62. The van der Waals surface area contributed by atoms with Gasteiger partial charge in [0.1, 0.15) is 17.5 Å². The number of carbonyl (C=O) groups excluding carboxylic acids is 2. The highest BCUT2D eigenvalue weighted by molar-refractivity contribution is 6.01. The van der Waals surface area contributed by atoms with Crippen LogP contribution in [0.2, 0.25) is 0 Å². The SMILES string of the molecule is C#CCC(NC(=O)OC(C)(C)C)C(=O)c1cccc(F)c1. The molecule has 1 unspecified atom stereocenters. The molecule has 0 heterocycles. The van der Waals surface area contributed by atoms with Gasteiger partial charge in [0.2, 0.25) is 0 Å². The zero-order chi connectivity index (χ0) is 16.0. The zero-order valence-corrected chi connectivity index (χ0v) is 12.3. The minimum absolute atomic E-state index is 0.00537. The molecule has 0 aliphatic carbocycles. The summed E-state index contributed by atoms with van der Waals surface area (Å²) in [5.41, 5.74) is -0.543. The number of benzene rings is 1. The quantitative estimate of drug-likeness (QED) is 0.685. The summed E-state index contributed by atoms with van der Waals surface area (Å²) in [5.74, 6) is 1.33. The standard InChI is InChI=1S/C16H18FNO3/c1-5-7-13(18-15(20)21-16(2,3)4)14(19)11-8-6-9-12(17)10-11/h1,6,8-10,13H,7H2,2-4H3,(H,18,20). The van der Waals surface area contributed by atoms with Gasteiger partial charge < -0.3 is 10.1 Å². The van der Waals surface area contributed by atoms with Gasteiger partial charge in [-0.1, -0.05) is 12.1 Å². The number of ketones is 1. The van der Waals surface area contributed by atoms with E-state index < -0.39 is 29.3 Å². The fraction of sp³-hybridized carbons (Fsp3) is 0.375. The summed E-state index contributed by atoms with van der Waals surface area (Å²) in [7, 11) is 0. The number of terminal acetylenes is 1. The van der Waals surface area contributed by atoms with Crippen LogP contribution >= 0.6 is 0 Å². The second-order valence-electron chi connectivity index (χ2n) is 5.48. The molecule has 1 amide bonds. The first-order chi connectivity index (χ1) is 9.73. The Kier molecular flexibility index (Phi) is 5.48. The lowest BCUT2D eigenvalue weighted by Crippen LogP contribution is -2.43. The summed E-state index contributed by atoms with van der Waals surface area (Å²) in [6, 6.07) is 4.26. The molecule has 4 nitrogen and oxygen atoms in total. The van der Waals surface area contributed by atoms with Crippen LogP contribution in [0.3, 0.4) is 0 Å². The van der Waals surface area contributed by atoms with Crippen LogP contribution in [0.15, 0.2) is 24.3 Å². The van der Waals surface area contributed by atoms with Crippen molar-refractivity contribution in [2.75, 3.05) is 0 Å². The minimum Gasteiger partial charge on any atom is -0.444 e. The molecule has 0 aromatic heterocycles. The zero-order valence-electron chi connectivity index (χ0n) is 12.3. The molecule has 0 radical (unpaired) electrons. The van der Waals surface area contributed by atoms with Crippen LogP contribution in [-0.2, 0) is 4.74 Å². The van der Waals surface area contributed by atoms with E-state index >= 15 is 0 Å². The lowest BCUT2D eigenvalue weighted by molar-refractivity contribution is 0.0493. The van der Waals surface area contributed by atoms with Crippen LogP contribution in [0.5, 0.6) is 0 Å². The monoisotopic (exact) mass is 291 g/mol. The molecule has 5 heteroatoms. The van der Waals surface area contributed by atoms with Crippen LogP contribution in [0.25, 0.3) is 0 Å². The molecule has 1 aromatic rings. The van der Waals surface area contributed by atoms with Crippen molar-refractivity contribution in [2.45, 2.75) is 38.8 Å². The fourth-order valence-electron chi connectivity index (χ4n) is 1.62. The predicted octanol–water partition coefficient (Wildman–Crippen LogP) is 2.93. The van der Waals surface area contributed by atoms with E-state index in [1.54, 1.807) is 20.8 Å². The number of hydrogen-bond donors (Lipinski definition) is 1. The van der Waals surface area contributed by atoms with Gasteiger partial charge in [-0.3, -0.25) is 4.79 Å². The smallest absolute Gasteiger partial charge is 0.408 e. The number of rotatable bonds is 4. The second kappa shape index (κ2) is 6.89. The van der Waals surface area contributed by atoms with E-state index in [0.29, 0.717) is 0 Å². The summed E-state index contributed by atoms with van der Waals surface area (Å²) in [6.45, 7) is 5.12. The van der Waals surface area contributed by atoms with Gasteiger partial charge in [0.25, 0.3) is 0 Å². The van der Waals surface area contributed by atoms with Crippen LogP contribution in [0, 0.1) is 18.2 Å². The molecule has 1 atom stereocenters. The van der Waals surface area contributed by atoms with Gasteiger partial charge >= 0.3 is 6.09 Å². The first-order valence-corrected chi connectivity index (χ1v) is 6.45. The topological polar surface area (TPSA) is 55.4 Å². The highest BCUT2D eigenvalue weighted by Crippen LogP contribution is 2.11. The molecule has 21 heavy (non-hydrogen) atoms. The summed E-state index contributed by atoms with van der Waals surface area (Å²) >= 11 is 0. The largest absolute Gasteiger partial charge is 0.444 e. The number of nitrogens with one attached hydrogen (secondary N) is 1. The number of Topliss-reactive ketones (excluding diaryl/α,β-unsaturated/α-hetero) is 1. The van der Waals surface area contributed by atoms with Crippen molar-refractivity contribution in [3.05, 3.63) is 35.6 Å². The molecular formula is C16H18FNO3. The Bertz CT molecular complexity index is 570. The Hall–Kier alpha value is -2.35. The Morgan fingerprint density at radius 3 is 2.62 bits per heavy atom. The Labute approximate surface area is 123 Å². The number of ether oxygens (including phenoxy) is 1. The van der Waals surface area contributed by atoms with Crippen molar-refractivity contribution in [2.24, 2.45) is 0 Å². The maximum absolute atomic E-state index is 13.2. The maximum atomic E-state index is 13.2. The van der Waals surface area contributed by atoms with Gasteiger partial charge in [-0.2, -0.15) is 0 Å². The van der Waals surface area contributed by atoms with E-state index in [-0.39, 0.29) is 12.0 Å². The average Bonchev–Trinajstić information content (AvgIpc) is 2.35. The third kappa shape index (κ3) is 5.65. The van der Waals surface area contributed by atoms with E-state index in [1.165, 1.54) is 18.2 Å². The molecule has 1 rings (SSSR count). The molecule has 0 fully saturated rings. The first-order valence-electron chi connectivity index (χ1n) is 6.45. The number of amides is 1. The van der Waals surface area contributed by atoms with Gasteiger partial charge in [-0.15, -0.1) is 12.3 Å². The van der Waals surface area contributed by atoms with Crippen molar-refractivity contribution in [3.8, 4) is 12.3 Å². The lowest BCUT2D eigenvalue weighted by atomic mass is 10.0. The summed E-state index contributed by atoms with van der Waals surface area (Å²) in [4.78, 5) is 24.0. The van der Waals surface area contributed by atoms with E-state index in [4.69, 9.17) is 11.2 Å². The van der Waals surface area contributed by atoms with Crippen molar-refractivity contribution < 1.29 is 18.7 Å². The van der Waals surface area contributed by atoms with Crippen molar-refractivity contribution >= 4 is 11.9 Å². The van der Waals surface area contributed by atoms with Gasteiger partial charge in [0, 0.05) is 12.0 Å². The van der Waals surface area contributed by atoms with Crippen molar-refractivity contribution in [3.63, 3.8) is 0 Å². The molecule has 0 aliphatic heterocycles. The van der Waals surface area contributed by atoms with E-state index in [2.05, 4.69) is 11.2 Å². The van der Waals surface area contributed by atoms with Gasteiger partial charge in [0.05, 0.1) is 0 Å². The third-order valence-electron chi connectivity index (χ3n) is 2.44. The minimum atomic E-state index is -0.952. The molecule has 1 aromatic carbocycles. The van der Waals surface area contributed by atoms with Gasteiger partial charge in [-0.25, -0.2) is 9.18 Å². The van der Waals surface area contributed by atoms with E-state index in [9.17, 15) is 14.0 Å². The predicted molar refractivity (Wildman–Crippen MR) is 77.3 cm³/mol. The molecule has 0 saturated heterocycles. The van der Waals surface area contributed by atoms with E-state index in [1.807, 2.05) is 0 Å². The molecule has 0 saturated carbocycles. The van der Waals surface area contributed by atoms with Crippen LogP contribution in [0.1, 0.15) is 37.6 Å².